The number of benzene rings is 1. The summed E-state index contributed by atoms with van der Waals surface area (Å²) in [5, 5.41) is 3.32. The summed E-state index contributed by atoms with van der Waals surface area (Å²) in [4.78, 5) is 0.284. The smallest absolute Gasteiger partial charge is 0.240 e. The molecule has 0 aromatic heterocycles. The number of halogens is 1. The molecule has 1 aliphatic rings. The lowest BCUT2D eigenvalue weighted by Crippen LogP contribution is -2.44. The van der Waals surface area contributed by atoms with Gasteiger partial charge in [0.05, 0.1) is 11.5 Å². The maximum absolute atomic E-state index is 12.4. The van der Waals surface area contributed by atoms with Crippen LogP contribution < -0.4 is 14.8 Å². The fourth-order valence-electron chi connectivity index (χ4n) is 2.65. The molecule has 0 saturated carbocycles. The minimum Gasteiger partial charge on any atom is -0.494 e. The first-order chi connectivity index (χ1) is 10.5. The fraction of sp³-hybridized carbons (Fsp3) is 0.625. The Morgan fingerprint density at radius 2 is 2.04 bits per heavy atom. The standard InChI is InChI=1S/C16H26N2O3S.ClH/c1-3-11-21-15-6-8-16(9-7-15)22(19,20)18-13(2)14-5-4-10-17-12-14;/h6-9,13-14,17-18H,3-5,10-12H2,1-2H3;1H. The average Bonchev–Trinajstić information content (AvgIpc) is 2.53. The van der Waals surface area contributed by atoms with Gasteiger partial charge in [0.2, 0.25) is 10.0 Å². The van der Waals surface area contributed by atoms with E-state index >= 15 is 0 Å². The normalized spacial score (nSPS) is 19.7. The van der Waals surface area contributed by atoms with E-state index in [1.165, 1.54) is 0 Å². The topological polar surface area (TPSA) is 67.4 Å². The van der Waals surface area contributed by atoms with Crippen LogP contribution in [0.4, 0.5) is 0 Å². The minimum atomic E-state index is -3.48. The van der Waals surface area contributed by atoms with Gasteiger partial charge in [0.15, 0.2) is 0 Å². The molecule has 0 spiro atoms. The highest BCUT2D eigenvalue weighted by Crippen LogP contribution is 2.19. The summed E-state index contributed by atoms with van der Waals surface area (Å²) in [5.74, 6) is 1.04. The van der Waals surface area contributed by atoms with E-state index in [4.69, 9.17) is 4.74 Å². The number of nitrogens with one attached hydrogen (secondary N) is 2. The molecule has 2 N–H and O–H groups in total. The quantitative estimate of drug-likeness (QED) is 0.782. The highest BCUT2D eigenvalue weighted by Gasteiger charge is 2.25. The number of rotatable bonds is 7. The van der Waals surface area contributed by atoms with Gasteiger partial charge in [0, 0.05) is 6.04 Å². The summed E-state index contributed by atoms with van der Waals surface area (Å²) in [6.45, 7) is 6.50. The Balaban J connectivity index is 0.00000264. The van der Waals surface area contributed by atoms with Crippen LogP contribution >= 0.6 is 12.4 Å². The highest BCUT2D eigenvalue weighted by molar-refractivity contribution is 7.89. The molecule has 1 fully saturated rings. The zero-order chi connectivity index (χ0) is 16.0. The largest absolute Gasteiger partial charge is 0.494 e. The maximum Gasteiger partial charge on any atom is 0.240 e. The van der Waals surface area contributed by atoms with Crippen LogP contribution in [0, 0.1) is 5.92 Å². The molecular weight excluding hydrogens is 336 g/mol. The van der Waals surface area contributed by atoms with Crippen molar-refractivity contribution in [1.29, 1.82) is 0 Å². The number of hydrogen-bond acceptors (Lipinski definition) is 4. The second-order valence-electron chi connectivity index (χ2n) is 5.84. The van der Waals surface area contributed by atoms with E-state index in [9.17, 15) is 8.42 Å². The molecule has 1 saturated heterocycles. The van der Waals surface area contributed by atoms with Crippen LogP contribution in [0.5, 0.6) is 5.75 Å². The molecule has 7 heteroatoms. The van der Waals surface area contributed by atoms with E-state index in [2.05, 4.69) is 10.0 Å². The SMILES string of the molecule is CCCOc1ccc(S(=O)(=O)NC(C)C2CCCNC2)cc1.Cl. The lowest BCUT2D eigenvalue weighted by Gasteiger charge is -2.28. The maximum atomic E-state index is 12.4. The van der Waals surface area contributed by atoms with Gasteiger partial charge < -0.3 is 10.1 Å². The van der Waals surface area contributed by atoms with Crippen molar-refractivity contribution in [3.8, 4) is 5.75 Å². The van der Waals surface area contributed by atoms with Gasteiger partial charge in [-0.2, -0.15) is 0 Å². The molecule has 1 heterocycles. The molecule has 1 aromatic carbocycles. The van der Waals surface area contributed by atoms with Crippen molar-refractivity contribution in [3.63, 3.8) is 0 Å². The second kappa shape index (κ2) is 9.47. The molecular formula is C16H27ClN2O3S. The number of hydrogen-bond donors (Lipinski definition) is 2. The minimum absolute atomic E-state index is 0. The van der Waals surface area contributed by atoms with Gasteiger partial charge in [0.25, 0.3) is 0 Å². The molecule has 0 bridgehead atoms. The Morgan fingerprint density at radius 1 is 1.35 bits per heavy atom. The lowest BCUT2D eigenvalue weighted by molar-refractivity contribution is 0.317. The molecule has 2 unspecified atom stereocenters. The third-order valence-corrected chi connectivity index (χ3v) is 5.56. The average molecular weight is 363 g/mol. The van der Waals surface area contributed by atoms with Crippen LogP contribution in [-0.2, 0) is 10.0 Å². The molecule has 132 valence electrons. The molecule has 0 radical (unpaired) electrons. The second-order valence-corrected chi connectivity index (χ2v) is 7.55. The van der Waals surface area contributed by atoms with Crippen molar-refractivity contribution in [2.45, 2.75) is 44.0 Å². The van der Waals surface area contributed by atoms with E-state index in [0.29, 0.717) is 18.3 Å². The van der Waals surface area contributed by atoms with Gasteiger partial charge in [-0.3, -0.25) is 0 Å². The first kappa shape index (κ1) is 20.2. The molecule has 5 nitrogen and oxygen atoms in total. The van der Waals surface area contributed by atoms with Crippen molar-refractivity contribution >= 4 is 22.4 Å². The van der Waals surface area contributed by atoms with Crippen molar-refractivity contribution in [2.75, 3.05) is 19.7 Å². The van der Waals surface area contributed by atoms with Crippen molar-refractivity contribution in [2.24, 2.45) is 5.92 Å². The summed E-state index contributed by atoms with van der Waals surface area (Å²) in [5.41, 5.74) is 0. The van der Waals surface area contributed by atoms with E-state index < -0.39 is 10.0 Å². The fourth-order valence-corrected chi connectivity index (χ4v) is 3.96. The van der Waals surface area contributed by atoms with Crippen molar-refractivity contribution in [3.05, 3.63) is 24.3 Å². The van der Waals surface area contributed by atoms with Crippen LogP contribution in [0.15, 0.2) is 29.2 Å². The van der Waals surface area contributed by atoms with Gasteiger partial charge in [-0.1, -0.05) is 6.92 Å². The first-order valence-corrected chi connectivity index (χ1v) is 9.47. The Morgan fingerprint density at radius 3 is 2.61 bits per heavy atom. The zero-order valence-electron chi connectivity index (χ0n) is 13.7. The molecule has 1 aromatic rings. The van der Waals surface area contributed by atoms with Gasteiger partial charge in [-0.15, -0.1) is 12.4 Å². The van der Waals surface area contributed by atoms with E-state index in [-0.39, 0.29) is 23.3 Å². The van der Waals surface area contributed by atoms with Crippen LogP contribution in [0.25, 0.3) is 0 Å². The van der Waals surface area contributed by atoms with E-state index in [1.54, 1.807) is 24.3 Å². The third-order valence-electron chi connectivity index (χ3n) is 3.99. The molecule has 2 atom stereocenters. The van der Waals surface area contributed by atoms with Crippen LogP contribution in [0.1, 0.15) is 33.1 Å². The predicted octanol–water partition coefficient (Wildman–Crippen LogP) is 2.56. The summed E-state index contributed by atoms with van der Waals surface area (Å²) in [7, 11) is -3.48. The summed E-state index contributed by atoms with van der Waals surface area (Å²) in [6, 6.07) is 6.53. The van der Waals surface area contributed by atoms with Gasteiger partial charge in [0.1, 0.15) is 5.75 Å². The lowest BCUT2D eigenvalue weighted by atomic mass is 9.94. The first-order valence-electron chi connectivity index (χ1n) is 7.99. The van der Waals surface area contributed by atoms with Crippen LogP contribution in [-0.4, -0.2) is 34.2 Å². The molecule has 1 aliphatic heterocycles. The van der Waals surface area contributed by atoms with E-state index in [1.807, 2.05) is 13.8 Å². The van der Waals surface area contributed by atoms with Crippen molar-refractivity contribution in [1.82, 2.24) is 10.0 Å². The van der Waals surface area contributed by atoms with Gasteiger partial charge >= 0.3 is 0 Å². The summed E-state index contributed by atoms with van der Waals surface area (Å²) in [6.07, 6.45) is 3.08. The third kappa shape index (κ3) is 5.95. The number of sulfonamides is 1. The molecule has 2 rings (SSSR count). The zero-order valence-corrected chi connectivity index (χ0v) is 15.4. The van der Waals surface area contributed by atoms with Crippen LogP contribution in [0.3, 0.4) is 0 Å². The van der Waals surface area contributed by atoms with Gasteiger partial charge in [-0.25, -0.2) is 13.1 Å². The summed E-state index contributed by atoms with van der Waals surface area (Å²) < 4.78 is 33.1. The Bertz CT molecular complexity index is 557. The molecule has 0 aliphatic carbocycles. The summed E-state index contributed by atoms with van der Waals surface area (Å²) >= 11 is 0. The Kier molecular flexibility index (Phi) is 8.33. The highest BCUT2D eigenvalue weighted by atomic mass is 35.5. The monoisotopic (exact) mass is 362 g/mol. The Hall–Kier alpha value is -0.820. The number of ether oxygens (including phenoxy) is 1. The van der Waals surface area contributed by atoms with Gasteiger partial charge in [-0.05, 0) is 69.5 Å². The van der Waals surface area contributed by atoms with Crippen molar-refractivity contribution < 1.29 is 13.2 Å². The number of piperidine rings is 1. The predicted molar refractivity (Wildman–Crippen MR) is 94.9 cm³/mol. The van der Waals surface area contributed by atoms with E-state index in [0.717, 1.165) is 32.4 Å². The molecule has 0 amide bonds. The molecule has 23 heavy (non-hydrogen) atoms. The Labute approximate surface area is 145 Å². The van der Waals surface area contributed by atoms with Crippen LogP contribution in [0.2, 0.25) is 0 Å².